The normalized spacial score (nSPS) is 40.0. The molecule has 2 aliphatic rings. The molecule has 5 heteroatoms. The van der Waals surface area contributed by atoms with Gasteiger partial charge in [0.25, 0.3) is 0 Å². The van der Waals surface area contributed by atoms with E-state index in [4.69, 9.17) is 4.74 Å². The summed E-state index contributed by atoms with van der Waals surface area (Å²) in [5, 5.41) is 3.59. The van der Waals surface area contributed by atoms with Gasteiger partial charge in [0.1, 0.15) is 9.84 Å². The van der Waals surface area contributed by atoms with Gasteiger partial charge in [-0.3, -0.25) is 0 Å². The van der Waals surface area contributed by atoms with Gasteiger partial charge in [0.05, 0.1) is 17.6 Å². The van der Waals surface area contributed by atoms with Gasteiger partial charge >= 0.3 is 0 Å². The van der Waals surface area contributed by atoms with Crippen molar-refractivity contribution < 1.29 is 13.2 Å². The van der Waals surface area contributed by atoms with E-state index in [9.17, 15) is 8.42 Å². The lowest BCUT2D eigenvalue weighted by atomic mass is 9.92. The quantitative estimate of drug-likeness (QED) is 0.781. The van der Waals surface area contributed by atoms with Gasteiger partial charge in [-0.2, -0.15) is 0 Å². The Bertz CT molecular complexity index is 340. The van der Waals surface area contributed by atoms with Crippen LogP contribution in [0.5, 0.6) is 0 Å². The number of nitrogens with one attached hydrogen (secondary N) is 1. The zero-order valence-electron chi connectivity index (χ0n) is 10.0. The first-order valence-corrected chi connectivity index (χ1v) is 7.83. The summed E-state index contributed by atoms with van der Waals surface area (Å²) >= 11 is 0. The first kappa shape index (κ1) is 12.3. The standard InChI is InChI=1S/C11H21NO3S/c1-9-11(2,5-6-15-9)12-10-3-7-16(13,14)8-4-10/h9-10,12H,3-8H2,1-2H3. The minimum atomic E-state index is -2.75. The van der Waals surface area contributed by atoms with E-state index in [2.05, 4.69) is 19.2 Å². The van der Waals surface area contributed by atoms with Crippen molar-refractivity contribution >= 4 is 9.84 Å². The molecule has 16 heavy (non-hydrogen) atoms. The summed E-state index contributed by atoms with van der Waals surface area (Å²) in [4.78, 5) is 0. The summed E-state index contributed by atoms with van der Waals surface area (Å²) in [6.07, 6.45) is 2.71. The van der Waals surface area contributed by atoms with Crippen LogP contribution in [0.4, 0.5) is 0 Å². The lowest BCUT2D eigenvalue weighted by molar-refractivity contribution is 0.0835. The second-order valence-electron chi connectivity index (χ2n) is 5.25. The summed E-state index contributed by atoms with van der Waals surface area (Å²) < 4.78 is 28.2. The van der Waals surface area contributed by atoms with Crippen molar-refractivity contribution in [1.82, 2.24) is 5.32 Å². The molecule has 0 aromatic heterocycles. The monoisotopic (exact) mass is 247 g/mol. The summed E-state index contributed by atoms with van der Waals surface area (Å²) in [6, 6.07) is 0.331. The number of ether oxygens (including phenoxy) is 1. The molecular formula is C11H21NO3S. The van der Waals surface area contributed by atoms with Crippen LogP contribution >= 0.6 is 0 Å². The highest BCUT2D eigenvalue weighted by molar-refractivity contribution is 7.91. The molecule has 4 nitrogen and oxygen atoms in total. The fraction of sp³-hybridized carbons (Fsp3) is 1.00. The second-order valence-corrected chi connectivity index (χ2v) is 7.55. The molecule has 2 heterocycles. The van der Waals surface area contributed by atoms with Gasteiger partial charge in [0.15, 0.2) is 0 Å². The lowest BCUT2D eigenvalue weighted by Gasteiger charge is -2.35. The van der Waals surface area contributed by atoms with E-state index in [0.29, 0.717) is 17.5 Å². The Kier molecular flexibility index (Phi) is 3.29. The molecule has 2 atom stereocenters. The van der Waals surface area contributed by atoms with E-state index in [1.165, 1.54) is 0 Å². The highest BCUT2D eigenvalue weighted by Gasteiger charge is 2.39. The molecule has 2 unspecified atom stereocenters. The third kappa shape index (κ3) is 2.57. The van der Waals surface area contributed by atoms with Gasteiger partial charge in [-0.1, -0.05) is 0 Å². The van der Waals surface area contributed by atoms with Crippen molar-refractivity contribution in [1.29, 1.82) is 0 Å². The van der Waals surface area contributed by atoms with Crippen molar-refractivity contribution in [2.24, 2.45) is 0 Å². The summed E-state index contributed by atoms with van der Waals surface area (Å²) in [6.45, 7) is 5.06. The molecule has 2 rings (SSSR count). The minimum absolute atomic E-state index is 0.0196. The molecule has 2 saturated heterocycles. The molecule has 0 amide bonds. The maximum absolute atomic E-state index is 11.3. The van der Waals surface area contributed by atoms with Gasteiger partial charge in [-0.05, 0) is 33.1 Å². The maximum Gasteiger partial charge on any atom is 0.150 e. The fourth-order valence-corrected chi connectivity index (χ4v) is 4.02. The van der Waals surface area contributed by atoms with Crippen LogP contribution in [0.25, 0.3) is 0 Å². The number of rotatable bonds is 2. The van der Waals surface area contributed by atoms with Gasteiger partial charge in [0, 0.05) is 18.2 Å². The molecule has 0 bridgehead atoms. The molecule has 1 N–H and O–H groups in total. The Morgan fingerprint density at radius 1 is 1.31 bits per heavy atom. The summed E-state index contributed by atoms with van der Waals surface area (Å²) in [7, 11) is -2.75. The van der Waals surface area contributed by atoms with Crippen molar-refractivity contribution in [3.05, 3.63) is 0 Å². The van der Waals surface area contributed by atoms with Gasteiger partial charge in [-0.25, -0.2) is 8.42 Å². The largest absolute Gasteiger partial charge is 0.377 e. The third-order valence-electron chi connectivity index (χ3n) is 3.97. The van der Waals surface area contributed by atoms with Crippen molar-refractivity contribution in [3.8, 4) is 0 Å². The Morgan fingerprint density at radius 3 is 2.44 bits per heavy atom. The Balaban J connectivity index is 1.91. The fourth-order valence-electron chi connectivity index (χ4n) is 2.53. The minimum Gasteiger partial charge on any atom is -0.377 e. The SMILES string of the molecule is CC1OCCC1(C)NC1CCS(=O)(=O)CC1. The van der Waals surface area contributed by atoms with Crippen LogP contribution in [-0.2, 0) is 14.6 Å². The maximum atomic E-state index is 11.3. The number of hydrogen-bond acceptors (Lipinski definition) is 4. The van der Waals surface area contributed by atoms with E-state index in [1.807, 2.05) is 0 Å². The van der Waals surface area contributed by atoms with Crippen LogP contribution in [0.2, 0.25) is 0 Å². The van der Waals surface area contributed by atoms with Gasteiger partial charge in [-0.15, -0.1) is 0 Å². The van der Waals surface area contributed by atoms with E-state index in [0.717, 1.165) is 25.9 Å². The molecule has 0 spiro atoms. The summed E-state index contributed by atoms with van der Waals surface area (Å²) in [5.74, 6) is 0.659. The second kappa shape index (κ2) is 4.27. The van der Waals surface area contributed by atoms with Crippen LogP contribution in [0, 0.1) is 0 Å². The molecule has 94 valence electrons. The summed E-state index contributed by atoms with van der Waals surface area (Å²) in [5.41, 5.74) is 0.0196. The predicted octanol–water partition coefficient (Wildman–Crippen LogP) is 0.721. The van der Waals surface area contributed by atoms with E-state index in [-0.39, 0.29) is 11.6 Å². The highest BCUT2D eigenvalue weighted by atomic mass is 32.2. The smallest absolute Gasteiger partial charge is 0.150 e. The molecular weight excluding hydrogens is 226 g/mol. The molecule has 2 aliphatic heterocycles. The highest BCUT2D eigenvalue weighted by Crippen LogP contribution is 2.27. The molecule has 2 fully saturated rings. The molecule has 0 aliphatic carbocycles. The van der Waals surface area contributed by atoms with Gasteiger partial charge in [0.2, 0.25) is 0 Å². The van der Waals surface area contributed by atoms with Crippen LogP contribution in [0.15, 0.2) is 0 Å². The van der Waals surface area contributed by atoms with Gasteiger partial charge < -0.3 is 10.1 Å². The Hall–Kier alpha value is -0.130. The van der Waals surface area contributed by atoms with E-state index < -0.39 is 9.84 Å². The van der Waals surface area contributed by atoms with Crippen LogP contribution in [-0.4, -0.2) is 44.2 Å². The molecule has 0 aromatic rings. The first-order valence-electron chi connectivity index (χ1n) is 6.01. The topological polar surface area (TPSA) is 55.4 Å². The van der Waals surface area contributed by atoms with E-state index in [1.54, 1.807) is 0 Å². The first-order chi connectivity index (χ1) is 7.41. The molecule has 0 radical (unpaired) electrons. The van der Waals surface area contributed by atoms with Crippen LogP contribution in [0.1, 0.15) is 33.1 Å². The molecule has 0 saturated carbocycles. The molecule has 0 aromatic carbocycles. The lowest BCUT2D eigenvalue weighted by Crippen LogP contribution is -2.54. The van der Waals surface area contributed by atoms with Crippen molar-refractivity contribution in [2.75, 3.05) is 18.1 Å². The van der Waals surface area contributed by atoms with Crippen LogP contribution < -0.4 is 5.32 Å². The number of hydrogen-bond donors (Lipinski definition) is 1. The average molecular weight is 247 g/mol. The third-order valence-corrected chi connectivity index (χ3v) is 5.69. The Labute approximate surface area is 97.7 Å². The Morgan fingerprint density at radius 2 is 1.94 bits per heavy atom. The number of sulfone groups is 1. The van der Waals surface area contributed by atoms with Crippen molar-refractivity contribution in [2.45, 2.75) is 50.8 Å². The predicted molar refractivity (Wildman–Crippen MR) is 63.2 cm³/mol. The van der Waals surface area contributed by atoms with Crippen molar-refractivity contribution in [3.63, 3.8) is 0 Å². The zero-order valence-corrected chi connectivity index (χ0v) is 10.8. The average Bonchev–Trinajstić information content (AvgIpc) is 2.51. The zero-order chi connectivity index (χ0) is 11.8. The van der Waals surface area contributed by atoms with Crippen LogP contribution in [0.3, 0.4) is 0 Å². The van der Waals surface area contributed by atoms with E-state index >= 15 is 0 Å².